The van der Waals surface area contributed by atoms with Crippen molar-refractivity contribution in [2.45, 2.75) is 57.2 Å². The molecule has 3 rings (SSSR count). The van der Waals surface area contributed by atoms with Gasteiger partial charge in [0.1, 0.15) is 0 Å². The van der Waals surface area contributed by atoms with E-state index in [1.807, 2.05) is 13.8 Å². The van der Waals surface area contributed by atoms with E-state index in [1.54, 1.807) is 0 Å². The van der Waals surface area contributed by atoms with E-state index in [1.165, 1.54) is 0 Å². The number of ether oxygens (including phenoxy) is 2. The third kappa shape index (κ3) is 1.23. The number of aliphatic hydroxyl groups is 1. The van der Waals surface area contributed by atoms with E-state index in [9.17, 15) is 5.11 Å². The van der Waals surface area contributed by atoms with Gasteiger partial charge in [0.25, 0.3) is 0 Å². The fourth-order valence-electron chi connectivity index (χ4n) is 3.51. The first-order valence-corrected chi connectivity index (χ1v) is 5.59. The van der Waals surface area contributed by atoms with E-state index >= 15 is 0 Å². The first kappa shape index (κ1) is 9.13. The van der Waals surface area contributed by atoms with Gasteiger partial charge in [-0.3, -0.25) is 0 Å². The Morgan fingerprint density at radius 1 is 1.14 bits per heavy atom. The minimum atomic E-state index is -0.409. The second kappa shape index (κ2) is 2.71. The molecule has 3 heteroatoms. The summed E-state index contributed by atoms with van der Waals surface area (Å²) in [7, 11) is 0. The summed E-state index contributed by atoms with van der Waals surface area (Å²) in [4.78, 5) is 0. The summed E-state index contributed by atoms with van der Waals surface area (Å²) in [5.74, 6) is 0.765. The fraction of sp³-hybridized carbons (Fsp3) is 1.00. The SMILES string of the molecule is CC1(C)O[C@H]2[C@@H]3C[C@H](O)C[C@@H]3C[C@H]2O1. The molecule has 1 saturated heterocycles. The van der Waals surface area contributed by atoms with Gasteiger partial charge in [-0.2, -0.15) is 0 Å². The van der Waals surface area contributed by atoms with Crippen LogP contribution in [0.1, 0.15) is 33.1 Å². The molecule has 3 fully saturated rings. The third-order valence-corrected chi connectivity index (χ3v) is 3.90. The second-order valence-electron chi connectivity index (χ2n) is 5.42. The molecule has 5 atom stereocenters. The molecule has 0 bridgehead atoms. The third-order valence-electron chi connectivity index (χ3n) is 3.90. The van der Waals surface area contributed by atoms with Gasteiger partial charge in [-0.15, -0.1) is 0 Å². The van der Waals surface area contributed by atoms with Gasteiger partial charge in [-0.05, 0) is 44.9 Å². The molecular weight excluding hydrogens is 180 g/mol. The molecule has 0 amide bonds. The maximum absolute atomic E-state index is 9.59. The Kier molecular flexibility index (Phi) is 1.77. The van der Waals surface area contributed by atoms with Crippen molar-refractivity contribution in [2.75, 3.05) is 0 Å². The Bertz CT molecular complexity index is 251. The Hall–Kier alpha value is -0.120. The number of hydrogen-bond acceptors (Lipinski definition) is 3. The highest BCUT2D eigenvalue weighted by molar-refractivity contribution is 5.02. The van der Waals surface area contributed by atoms with Crippen LogP contribution in [0.4, 0.5) is 0 Å². The van der Waals surface area contributed by atoms with Crippen molar-refractivity contribution in [3.05, 3.63) is 0 Å². The van der Waals surface area contributed by atoms with E-state index in [0.717, 1.165) is 19.3 Å². The van der Waals surface area contributed by atoms with Crippen LogP contribution in [-0.2, 0) is 9.47 Å². The quantitative estimate of drug-likeness (QED) is 0.637. The number of fused-ring (bicyclic) bond motifs is 3. The summed E-state index contributed by atoms with van der Waals surface area (Å²) in [6.45, 7) is 3.96. The highest BCUT2D eigenvalue weighted by Crippen LogP contribution is 2.51. The van der Waals surface area contributed by atoms with Gasteiger partial charge >= 0.3 is 0 Å². The molecule has 1 heterocycles. The van der Waals surface area contributed by atoms with Crippen molar-refractivity contribution in [1.29, 1.82) is 0 Å². The minimum absolute atomic E-state index is 0.0988. The largest absolute Gasteiger partial charge is 0.393 e. The van der Waals surface area contributed by atoms with Crippen molar-refractivity contribution in [2.24, 2.45) is 11.8 Å². The van der Waals surface area contributed by atoms with Gasteiger partial charge in [0.05, 0.1) is 18.3 Å². The maximum atomic E-state index is 9.59. The van der Waals surface area contributed by atoms with E-state index in [-0.39, 0.29) is 18.3 Å². The molecular formula is C11H18O3. The molecule has 0 aromatic rings. The van der Waals surface area contributed by atoms with Crippen LogP contribution in [0, 0.1) is 11.8 Å². The molecule has 0 spiro atoms. The van der Waals surface area contributed by atoms with Crippen molar-refractivity contribution in [3.8, 4) is 0 Å². The molecule has 0 aromatic heterocycles. The topological polar surface area (TPSA) is 38.7 Å². The Balaban J connectivity index is 1.78. The predicted octanol–water partition coefficient (Wildman–Crippen LogP) is 1.30. The Labute approximate surface area is 84.4 Å². The van der Waals surface area contributed by atoms with Crippen molar-refractivity contribution in [1.82, 2.24) is 0 Å². The van der Waals surface area contributed by atoms with Gasteiger partial charge in [0, 0.05) is 0 Å². The molecule has 14 heavy (non-hydrogen) atoms. The van der Waals surface area contributed by atoms with Crippen LogP contribution in [0.25, 0.3) is 0 Å². The summed E-state index contributed by atoms with van der Waals surface area (Å²) < 4.78 is 11.7. The van der Waals surface area contributed by atoms with Crippen LogP contribution in [0.5, 0.6) is 0 Å². The van der Waals surface area contributed by atoms with Crippen LogP contribution in [0.2, 0.25) is 0 Å². The zero-order valence-electron chi connectivity index (χ0n) is 8.77. The average molecular weight is 198 g/mol. The number of rotatable bonds is 0. The zero-order valence-corrected chi connectivity index (χ0v) is 8.77. The molecule has 1 aliphatic heterocycles. The highest BCUT2D eigenvalue weighted by atomic mass is 16.8. The molecule has 0 radical (unpaired) electrons. The minimum Gasteiger partial charge on any atom is -0.393 e. The lowest BCUT2D eigenvalue weighted by molar-refractivity contribution is -0.158. The van der Waals surface area contributed by atoms with Gasteiger partial charge in [-0.25, -0.2) is 0 Å². The van der Waals surface area contributed by atoms with Crippen molar-refractivity contribution >= 4 is 0 Å². The zero-order chi connectivity index (χ0) is 9.92. The van der Waals surface area contributed by atoms with E-state index in [2.05, 4.69) is 0 Å². The van der Waals surface area contributed by atoms with Gasteiger partial charge < -0.3 is 14.6 Å². The Morgan fingerprint density at radius 3 is 2.71 bits per heavy atom. The highest BCUT2D eigenvalue weighted by Gasteiger charge is 2.55. The lowest BCUT2D eigenvalue weighted by Gasteiger charge is -2.21. The van der Waals surface area contributed by atoms with E-state index < -0.39 is 5.79 Å². The normalized spacial score (nSPS) is 54.6. The monoisotopic (exact) mass is 198 g/mol. The molecule has 2 saturated carbocycles. The lowest BCUT2D eigenvalue weighted by Crippen LogP contribution is -2.26. The van der Waals surface area contributed by atoms with Crippen molar-refractivity contribution in [3.63, 3.8) is 0 Å². The molecule has 3 aliphatic rings. The fourth-order valence-corrected chi connectivity index (χ4v) is 3.51. The van der Waals surface area contributed by atoms with E-state index in [0.29, 0.717) is 11.8 Å². The van der Waals surface area contributed by atoms with Crippen LogP contribution in [0.15, 0.2) is 0 Å². The summed E-state index contributed by atoms with van der Waals surface area (Å²) >= 11 is 0. The van der Waals surface area contributed by atoms with Crippen LogP contribution in [0.3, 0.4) is 0 Å². The van der Waals surface area contributed by atoms with Crippen LogP contribution in [-0.4, -0.2) is 29.2 Å². The van der Waals surface area contributed by atoms with E-state index in [4.69, 9.17) is 9.47 Å². The summed E-state index contributed by atoms with van der Waals surface area (Å²) in [6.07, 6.45) is 3.37. The first-order valence-electron chi connectivity index (χ1n) is 5.59. The van der Waals surface area contributed by atoms with Crippen LogP contribution < -0.4 is 0 Å². The predicted molar refractivity (Wildman–Crippen MR) is 50.7 cm³/mol. The second-order valence-corrected chi connectivity index (χ2v) is 5.42. The first-order chi connectivity index (χ1) is 6.55. The number of aliphatic hydroxyl groups excluding tert-OH is 1. The molecule has 0 aromatic carbocycles. The summed E-state index contributed by atoms with van der Waals surface area (Å²) in [5, 5.41) is 9.59. The molecule has 80 valence electrons. The molecule has 2 aliphatic carbocycles. The Morgan fingerprint density at radius 2 is 1.93 bits per heavy atom. The van der Waals surface area contributed by atoms with Crippen molar-refractivity contribution < 1.29 is 14.6 Å². The maximum Gasteiger partial charge on any atom is 0.163 e. The van der Waals surface area contributed by atoms with Crippen LogP contribution >= 0.6 is 0 Å². The summed E-state index contributed by atoms with van der Waals surface area (Å²) in [6, 6.07) is 0. The van der Waals surface area contributed by atoms with Gasteiger partial charge in [0.15, 0.2) is 5.79 Å². The number of hydrogen-bond donors (Lipinski definition) is 1. The molecule has 3 nitrogen and oxygen atoms in total. The molecule has 1 N–H and O–H groups in total. The lowest BCUT2D eigenvalue weighted by atomic mass is 9.99. The molecule has 0 unspecified atom stereocenters. The van der Waals surface area contributed by atoms with Gasteiger partial charge in [0.2, 0.25) is 0 Å². The standard InChI is InChI=1S/C11H18O3/c1-11(2)13-9-4-6-3-7(12)5-8(6)10(9)14-11/h6-10,12H,3-5H2,1-2H3/t6-,7-,8-,9-,10+/m1/s1. The summed E-state index contributed by atoms with van der Waals surface area (Å²) in [5.41, 5.74) is 0. The van der Waals surface area contributed by atoms with Gasteiger partial charge in [-0.1, -0.05) is 0 Å². The smallest absolute Gasteiger partial charge is 0.163 e. The average Bonchev–Trinajstić information content (AvgIpc) is 2.58.